The van der Waals surface area contributed by atoms with Crippen LogP contribution in [0.2, 0.25) is 0 Å². The van der Waals surface area contributed by atoms with Gasteiger partial charge in [0, 0.05) is 16.8 Å². The minimum absolute atomic E-state index is 0.103. The average molecular weight is 349 g/mol. The molecule has 0 spiro atoms. The molecule has 5 heteroatoms. The second kappa shape index (κ2) is 5.59. The number of carbonyl (C=O) groups is 2. The minimum atomic E-state index is -0.188. The molecular formula is C21H19NO4. The van der Waals surface area contributed by atoms with Crippen LogP contribution in [0.25, 0.3) is 21.9 Å². The second-order valence-electron chi connectivity index (χ2n) is 7.13. The maximum atomic E-state index is 12.9. The lowest BCUT2D eigenvalue weighted by Gasteiger charge is -2.19. The van der Waals surface area contributed by atoms with Crippen molar-refractivity contribution in [3.05, 3.63) is 36.4 Å². The molecule has 2 amide bonds. The number of para-hydroxylation sites is 1. The molecule has 1 aliphatic carbocycles. The van der Waals surface area contributed by atoms with Gasteiger partial charge in [-0.3, -0.25) is 9.59 Å². The first kappa shape index (κ1) is 15.4. The number of anilines is 1. The smallest absolute Gasteiger partial charge is 0.237 e. The number of rotatable bonds is 2. The van der Waals surface area contributed by atoms with Gasteiger partial charge in [-0.05, 0) is 25.0 Å². The van der Waals surface area contributed by atoms with E-state index in [1.54, 1.807) is 13.2 Å². The number of nitrogens with zero attached hydrogens (tertiary/aromatic N) is 1. The molecule has 0 N–H and O–H groups in total. The summed E-state index contributed by atoms with van der Waals surface area (Å²) in [4.78, 5) is 27.2. The summed E-state index contributed by atoms with van der Waals surface area (Å²) in [6, 6.07) is 11.4. The van der Waals surface area contributed by atoms with Crippen LogP contribution in [0.5, 0.6) is 5.75 Å². The molecule has 132 valence electrons. The van der Waals surface area contributed by atoms with Gasteiger partial charge in [-0.1, -0.05) is 31.0 Å². The molecule has 2 aliphatic rings. The average Bonchev–Trinajstić information content (AvgIpc) is 3.16. The summed E-state index contributed by atoms with van der Waals surface area (Å²) < 4.78 is 11.5. The van der Waals surface area contributed by atoms with Gasteiger partial charge in [-0.15, -0.1) is 0 Å². The second-order valence-corrected chi connectivity index (χ2v) is 7.13. The highest BCUT2D eigenvalue weighted by Crippen LogP contribution is 2.44. The highest BCUT2D eigenvalue weighted by molar-refractivity contribution is 6.23. The van der Waals surface area contributed by atoms with Gasteiger partial charge in [0.1, 0.15) is 16.9 Å². The number of hydrogen-bond acceptors (Lipinski definition) is 4. The Morgan fingerprint density at radius 3 is 2.35 bits per heavy atom. The molecule has 3 aromatic rings. The molecule has 5 nitrogen and oxygen atoms in total. The Balaban J connectivity index is 1.69. The number of furan rings is 1. The molecule has 2 aromatic carbocycles. The molecule has 0 bridgehead atoms. The van der Waals surface area contributed by atoms with E-state index in [0.29, 0.717) is 17.0 Å². The molecule has 1 saturated heterocycles. The zero-order valence-corrected chi connectivity index (χ0v) is 14.5. The standard InChI is InChI=1S/C21H19NO4/c1-25-19-10-15-12-6-4-5-9-17(12)26-18(15)11-16(19)22-20(23)13-7-2-3-8-14(13)21(22)24/h4-6,9-11,13-14H,2-3,7-8H2,1H3. The molecule has 1 aliphatic heterocycles. The predicted octanol–water partition coefficient (Wildman–Crippen LogP) is 4.27. The van der Waals surface area contributed by atoms with Crippen molar-refractivity contribution in [3.63, 3.8) is 0 Å². The van der Waals surface area contributed by atoms with E-state index >= 15 is 0 Å². The number of benzene rings is 2. The van der Waals surface area contributed by atoms with E-state index in [4.69, 9.17) is 9.15 Å². The quantitative estimate of drug-likeness (QED) is 0.648. The highest BCUT2D eigenvalue weighted by atomic mass is 16.5. The molecule has 2 fully saturated rings. The van der Waals surface area contributed by atoms with E-state index in [1.165, 1.54) is 4.90 Å². The molecule has 26 heavy (non-hydrogen) atoms. The van der Waals surface area contributed by atoms with Crippen molar-refractivity contribution in [1.29, 1.82) is 0 Å². The Hall–Kier alpha value is -2.82. The Bertz CT molecular complexity index is 1030. The largest absolute Gasteiger partial charge is 0.495 e. The van der Waals surface area contributed by atoms with E-state index in [9.17, 15) is 9.59 Å². The number of amides is 2. The summed E-state index contributed by atoms with van der Waals surface area (Å²) in [6.07, 6.45) is 3.60. The first-order valence-corrected chi connectivity index (χ1v) is 9.06. The van der Waals surface area contributed by atoms with Gasteiger partial charge in [-0.25, -0.2) is 4.90 Å². The van der Waals surface area contributed by atoms with Crippen molar-refractivity contribution in [2.75, 3.05) is 12.0 Å². The molecule has 2 unspecified atom stereocenters. The lowest BCUT2D eigenvalue weighted by atomic mass is 9.81. The third kappa shape index (κ3) is 2.03. The predicted molar refractivity (Wildman–Crippen MR) is 98.2 cm³/mol. The minimum Gasteiger partial charge on any atom is -0.495 e. The van der Waals surface area contributed by atoms with Gasteiger partial charge in [-0.2, -0.15) is 0 Å². The Kier molecular flexibility index (Phi) is 3.32. The summed E-state index contributed by atoms with van der Waals surface area (Å²) in [5, 5.41) is 1.90. The fraction of sp³-hybridized carbons (Fsp3) is 0.333. The Morgan fingerprint density at radius 1 is 0.962 bits per heavy atom. The summed E-state index contributed by atoms with van der Waals surface area (Å²) >= 11 is 0. The van der Waals surface area contributed by atoms with Crippen molar-refractivity contribution in [2.24, 2.45) is 11.8 Å². The van der Waals surface area contributed by atoms with Crippen LogP contribution in [0.4, 0.5) is 5.69 Å². The van der Waals surface area contributed by atoms with Gasteiger partial charge >= 0.3 is 0 Å². The maximum absolute atomic E-state index is 12.9. The third-order valence-electron chi connectivity index (χ3n) is 5.76. The Labute approximate surface area is 150 Å². The van der Waals surface area contributed by atoms with Crippen molar-refractivity contribution < 1.29 is 18.7 Å². The van der Waals surface area contributed by atoms with Crippen LogP contribution in [0, 0.1) is 11.8 Å². The maximum Gasteiger partial charge on any atom is 0.237 e. The number of ether oxygens (including phenoxy) is 1. The van der Waals surface area contributed by atoms with E-state index in [2.05, 4.69) is 0 Å². The van der Waals surface area contributed by atoms with Gasteiger partial charge in [0.25, 0.3) is 0 Å². The van der Waals surface area contributed by atoms with Crippen LogP contribution >= 0.6 is 0 Å². The van der Waals surface area contributed by atoms with Crippen LogP contribution in [0.15, 0.2) is 40.8 Å². The summed E-state index contributed by atoms with van der Waals surface area (Å²) in [5.41, 5.74) is 1.91. The summed E-state index contributed by atoms with van der Waals surface area (Å²) in [6.45, 7) is 0. The first-order chi connectivity index (χ1) is 12.7. The van der Waals surface area contributed by atoms with E-state index in [0.717, 1.165) is 42.0 Å². The lowest BCUT2D eigenvalue weighted by molar-refractivity contribution is -0.122. The van der Waals surface area contributed by atoms with Crippen LogP contribution < -0.4 is 9.64 Å². The van der Waals surface area contributed by atoms with Gasteiger partial charge in [0.05, 0.1) is 24.6 Å². The molecule has 1 aromatic heterocycles. The number of hydrogen-bond donors (Lipinski definition) is 0. The molecule has 2 heterocycles. The molecule has 0 radical (unpaired) electrons. The van der Waals surface area contributed by atoms with E-state index < -0.39 is 0 Å². The normalized spacial score (nSPS) is 23.0. The lowest BCUT2D eigenvalue weighted by Crippen LogP contribution is -2.31. The van der Waals surface area contributed by atoms with Crippen molar-refractivity contribution in [2.45, 2.75) is 25.7 Å². The fourth-order valence-electron chi connectivity index (χ4n) is 4.48. The van der Waals surface area contributed by atoms with Crippen LogP contribution in [-0.4, -0.2) is 18.9 Å². The number of carbonyl (C=O) groups excluding carboxylic acids is 2. The zero-order chi connectivity index (χ0) is 17.8. The van der Waals surface area contributed by atoms with E-state index in [-0.39, 0.29) is 23.7 Å². The van der Waals surface area contributed by atoms with Crippen molar-refractivity contribution >= 4 is 39.4 Å². The molecule has 5 rings (SSSR count). The summed E-state index contributed by atoms with van der Waals surface area (Å²) in [7, 11) is 1.56. The first-order valence-electron chi connectivity index (χ1n) is 9.06. The number of imide groups is 1. The van der Waals surface area contributed by atoms with Crippen molar-refractivity contribution in [3.8, 4) is 5.75 Å². The Morgan fingerprint density at radius 2 is 1.65 bits per heavy atom. The monoisotopic (exact) mass is 349 g/mol. The van der Waals surface area contributed by atoms with Crippen LogP contribution in [-0.2, 0) is 9.59 Å². The van der Waals surface area contributed by atoms with Gasteiger partial charge < -0.3 is 9.15 Å². The zero-order valence-electron chi connectivity index (χ0n) is 14.5. The molecular weight excluding hydrogens is 330 g/mol. The van der Waals surface area contributed by atoms with Gasteiger partial charge in [0.2, 0.25) is 11.8 Å². The van der Waals surface area contributed by atoms with Crippen LogP contribution in [0.1, 0.15) is 25.7 Å². The molecule has 2 atom stereocenters. The summed E-state index contributed by atoms with van der Waals surface area (Å²) in [5.74, 6) is -0.0639. The van der Waals surface area contributed by atoms with Gasteiger partial charge in [0.15, 0.2) is 0 Å². The fourth-order valence-corrected chi connectivity index (χ4v) is 4.48. The molecule has 1 saturated carbocycles. The topological polar surface area (TPSA) is 59.8 Å². The highest BCUT2D eigenvalue weighted by Gasteiger charge is 2.49. The SMILES string of the molecule is COc1cc2c(cc1N1C(=O)C3CCCCC3C1=O)oc1ccccc12. The van der Waals surface area contributed by atoms with Crippen LogP contribution in [0.3, 0.4) is 0 Å². The number of methoxy groups -OCH3 is 1. The number of fused-ring (bicyclic) bond motifs is 4. The van der Waals surface area contributed by atoms with E-state index in [1.807, 2.05) is 30.3 Å². The van der Waals surface area contributed by atoms with Crippen molar-refractivity contribution in [1.82, 2.24) is 0 Å². The third-order valence-corrected chi connectivity index (χ3v) is 5.76.